The van der Waals surface area contributed by atoms with Crippen LogP contribution >= 0.6 is 0 Å². The molecule has 1 aromatic heterocycles. The minimum atomic E-state index is -0.450. The first-order valence-electron chi connectivity index (χ1n) is 8.68. The van der Waals surface area contributed by atoms with E-state index in [0.717, 1.165) is 18.4 Å². The van der Waals surface area contributed by atoms with Gasteiger partial charge in [0.15, 0.2) is 0 Å². The van der Waals surface area contributed by atoms with E-state index in [0.29, 0.717) is 13.0 Å². The zero-order valence-corrected chi connectivity index (χ0v) is 14.8. The molecule has 3 heterocycles. The first kappa shape index (κ1) is 17.6. The third-order valence-corrected chi connectivity index (χ3v) is 5.08. The molecule has 0 bridgehead atoms. The lowest BCUT2D eigenvalue weighted by molar-refractivity contribution is -0.135. The number of rotatable bonds is 4. The highest BCUT2D eigenvalue weighted by Gasteiger charge is 2.58. The van der Waals surface area contributed by atoms with Gasteiger partial charge in [0.25, 0.3) is 0 Å². The fourth-order valence-electron chi connectivity index (χ4n) is 4.28. The summed E-state index contributed by atoms with van der Waals surface area (Å²) in [6.45, 7) is 4.68. The second-order valence-electron chi connectivity index (χ2n) is 7.53. The van der Waals surface area contributed by atoms with Crippen LogP contribution in [0.15, 0.2) is 30.6 Å². The van der Waals surface area contributed by atoms with Crippen molar-refractivity contribution in [3.05, 3.63) is 36.2 Å². The Hall–Kier alpha value is -2.21. The minimum absolute atomic E-state index is 0.0582. The zero-order valence-electron chi connectivity index (χ0n) is 14.8. The van der Waals surface area contributed by atoms with Crippen molar-refractivity contribution in [1.82, 2.24) is 9.88 Å². The molecule has 134 valence electrons. The molecule has 6 heteroatoms. The summed E-state index contributed by atoms with van der Waals surface area (Å²) >= 11 is 0. The zero-order chi connectivity index (χ0) is 18.1. The van der Waals surface area contributed by atoms with Gasteiger partial charge in [0.1, 0.15) is 0 Å². The van der Waals surface area contributed by atoms with Crippen molar-refractivity contribution in [2.75, 3.05) is 6.54 Å². The fourth-order valence-corrected chi connectivity index (χ4v) is 4.28. The van der Waals surface area contributed by atoms with Gasteiger partial charge in [0.2, 0.25) is 11.8 Å². The van der Waals surface area contributed by atoms with Crippen molar-refractivity contribution in [1.29, 1.82) is 0 Å². The number of nitrogens with two attached hydrogens (primary N) is 1. The molecule has 6 nitrogen and oxygen atoms in total. The summed E-state index contributed by atoms with van der Waals surface area (Å²) in [5.74, 6) is -0.454. The molecule has 2 N–H and O–H groups in total. The molecule has 1 aromatic rings. The van der Waals surface area contributed by atoms with Crippen LogP contribution in [0.1, 0.15) is 45.1 Å². The average molecular weight is 343 g/mol. The van der Waals surface area contributed by atoms with Gasteiger partial charge < -0.3 is 15.4 Å². The Morgan fingerprint density at radius 3 is 2.96 bits per heavy atom. The number of carbonyl (C=O) groups excluding carboxylic acids is 2. The number of ether oxygens (including phenoxy) is 1. The van der Waals surface area contributed by atoms with Crippen molar-refractivity contribution in [2.24, 2.45) is 5.73 Å². The predicted molar refractivity (Wildman–Crippen MR) is 94.3 cm³/mol. The Kier molecular flexibility index (Phi) is 4.64. The Labute approximate surface area is 148 Å². The molecule has 2 saturated heterocycles. The SMILES string of the molecule is CC1(C)C[C@]2(CCCN2C(=O)/C=C/c2cccnc2)[C@H](CC(N)=O)O1. The van der Waals surface area contributed by atoms with E-state index < -0.39 is 11.4 Å². The molecule has 0 aromatic carbocycles. The predicted octanol–water partition coefficient (Wildman–Crippen LogP) is 1.90. The molecular formula is C19H25N3O3. The number of carbonyl (C=O) groups is 2. The highest BCUT2D eigenvalue weighted by molar-refractivity contribution is 5.92. The third-order valence-electron chi connectivity index (χ3n) is 5.08. The molecular weight excluding hydrogens is 318 g/mol. The highest BCUT2D eigenvalue weighted by atomic mass is 16.5. The summed E-state index contributed by atoms with van der Waals surface area (Å²) in [6.07, 6.45) is 8.99. The maximum atomic E-state index is 12.9. The fraction of sp³-hybridized carbons (Fsp3) is 0.526. The summed E-state index contributed by atoms with van der Waals surface area (Å²) < 4.78 is 6.11. The lowest BCUT2D eigenvalue weighted by Gasteiger charge is -2.38. The van der Waals surface area contributed by atoms with Crippen LogP contribution in [0, 0.1) is 0 Å². The number of amides is 2. The second kappa shape index (κ2) is 6.59. The van der Waals surface area contributed by atoms with Gasteiger partial charge >= 0.3 is 0 Å². The number of primary amides is 1. The number of likely N-dealkylation sites (tertiary alicyclic amines) is 1. The quantitative estimate of drug-likeness (QED) is 0.846. The summed E-state index contributed by atoms with van der Waals surface area (Å²) in [5, 5.41) is 0. The average Bonchev–Trinajstić information content (AvgIpc) is 3.06. The molecule has 2 atom stereocenters. The topological polar surface area (TPSA) is 85.5 Å². The van der Waals surface area contributed by atoms with E-state index >= 15 is 0 Å². The standard InChI is InChI=1S/C19H25N3O3/c1-18(2)13-19(15(25-18)11-16(20)23)8-4-10-22(19)17(24)7-6-14-5-3-9-21-12-14/h3,5-7,9,12,15H,4,8,10-11,13H2,1-2H3,(H2,20,23)/b7-6+/t15-,19+/m0/s1. The Morgan fingerprint density at radius 1 is 1.48 bits per heavy atom. The van der Waals surface area contributed by atoms with Crippen LogP contribution in [-0.2, 0) is 14.3 Å². The maximum Gasteiger partial charge on any atom is 0.247 e. The van der Waals surface area contributed by atoms with E-state index in [1.54, 1.807) is 24.5 Å². The molecule has 2 fully saturated rings. The van der Waals surface area contributed by atoms with Gasteiger partial charge in [-0.25, -0.2) is 0 Å². The van der Waals surface area contributed by atoms with Gasteiger partial charge in [-0.05, 0) is 44.4 Å². The summed E-state index contributed by atoms with van der Waals surface area (Å²) in [7, 11) is 0. The minimum Gasteiger partial charge on any atom is -0.370 e. The first-order chi connectivity index (χ1) is 11.8. The molecule has 25 heavy (non-hydrogen) atoms. The third kappa shape index (κ3) is 3.58. The van der Waals surface area contributed by atoms with Crippen molar-refractivity contribution < 1.29 is 14.3 Å². The van der Waals surface area contributed by atoms with Crippen LogP contribution in [0.4, 0.5) is 0 Å². The van der Waals surface area contributed by atoms with Crippen LogP contribution < -0.4 is 5.73 Å². The van der Waals surface area contributed by atoms with Crippen molar-refractivity contribution >= 4 is 17.9 Å². The lowest BCUT2D eigenvalue weighted by atomic mass is 9.82. The summed E-state index contributed by atoms with van der Waals surface area (Å²) in [5.41, 5.74) is 5.47. The summed E-state index contributed by atoms with van der Waals surface area (Å²) in [6, 6.07) is 3.73. The van der Waals surface area contributed by atoms with E-state index in [4.69, 9.17) is 10.5 Å². The van der Waals surface area contributed by atoms with Crippen LogP contribution in [0.3, 0.4) is 0 Å². The number of hydrogen-bond acceptors (Lipinski definition) is 4. The van der Waals surface area contributed by atoms with Crippen LogP contribution in [-0.4, -0.2) is 45.5 Å². The molecule has 1 spiro atoms. The molecule has 2 amide bonds. The molecule has 0 radical (unpaired) electrons. The smallest absolute Gasteiger partial charge is 0.247 e. The molecule has 0 aliphatic carbocycles. The van der Waals surface area contributed by atoms with E-state index in [-0.39, 0.29) is 24.0 Å². The Bertz CT molecular complexity index is 686. The van der Waals surface area contributed by atoms with Gasteiger partial charge in [-0.2, -0.15) is 0 Å². The summed E-state index contributed by atoms with van der Waals surface area (Å²) in [4.78, 5) is 30.3. The van der Waals surface area contributed by atoms with Crippen molar-refractivity contribution in [3.8, 4) is 0 Å². The van der Waals surface area contributed by atoms with Crippen LogP contribution in [0.5, 0.6) is 0 Å². The van der Waals surface area contributed by atoms with Gasteiger partial charge in [-0.3, -0.25) is 14.6 Å². The van der Waals surface area contributed by atoms with Crippen LogP contribution in [0.2, 0.25) is 0 Å². The Morgan fingerprint density at radius 2 is 2.28 bits per heavy atom. The van der Waals surface area contributed by atoms with Crippen LogP contribution in [0.25, 0.3) is 6.08 Å². The van der Waals surface area contributed by atoms with Gasteiger partial charge in [-0.15, -0.1) is 0 Å². The molecule has 2 aliphatic heterocycles. The highest BCUT2D eigenvalue weighted by Crippen LogP contribution is 2.48. The largest absolute Gasteiger partial charge is 0.370 e. The number of hydrogen-bond donors (Lipinski definition) is 1. The maximum absolute atomic E-state index is 12.9. The van der Waals surface area contributed by atoms with Gasteiger partial charge in [0, 0.05) is 31.4 Å². The molecule has 3 rings (SSSR count). The normalized spacial score (nSPS) is 28.1. The van der Waals surface area contributed by atoms with E-state index in [9.17, 15) is 9.59 Å². The number of aromatic nitrogens is 1. The number of pyridine rings is 1. The van der Waals surface area contributed by atoms with Gasteiger partial charge in [-0.1, -0.05) is 6.07 Å². The first-order valence-corrected chi connectivity index (χ1v) is 8.68. The Balaban J connectivity index is 1.84. The molecule has 2 aliphatic rings. The van der Waals surface area contributed by atoms with E-state index in [1.165, 1.54) is 0 Å². The van der Waals surface area contributed by atoms with Gasteiger partial charge in [0.05, 0.1) is 23.7 Å². The second-order valence-corrected chi connectivity index (χ2v) is 7.53. The number of nitrogens with zero attached hydrogens (tertiary/aromatic N) is 2. The monoisotopic (exact) mass is 343 g/mol. The van der Waals surface area contributed by atoms with Crippen molar-refractivity contribution in [2.45, 2.75) is 56.8 Å². The molecule has 0 saturated carbocycles. The van der Waals surface area contributed by atoms with E-state index in [2.05, 4.69) is 4.98 Å². The van der Waals surface area contributed by atoms with E-state index in [1.807, 2.05) is 30.9 Å². The van der Waals surface area contributed by atoms with Crippen molar-refractivity contribution in [3.63, 3.8) is 0 Å². The molecule has 0 unspecified atom stereocenters. The lowest BCUT2D eigenvalue weighted by Crippen LogP contribution is -2.53.